The normalized spacial score (nSPS) is 10.4. The van der Waals surface area contributed by atoms with Crippen LogP contribution in [0.2, 0.25) is 0 Å². The van der Waals surface area contributed by atoms with Gasteiger partial charge in [-0.2, -0.15) is 0 Å². The zero-order chi connectivity index (χ0) is 13.1. The molecule has 1 aromatic heterocycles. The minimum atomic E-state index is -0.447. The van der Waals surface area contributed by atoms with Gasteiger partial charge in [-0.1, -0.05) is 0 Å². The van der Waals surface area contributed by atoms with Crippen molar-refractivity contribution in [1.82, 2.24) is 4.98 Å². The van der Waals surface area contributed by atoms with Crippen molar-refractivity contribution in [3.63, 3.8) is 0 Å². The van der Waals surface area contributed by atoms with E-state index in [0.717, 1.165) is 22.1 Å². The van der Waals surface area contributed by atoms with Gasteiger partial charge in [0.2, 0.25) is 0 Å². The number of aromatic hydroxyl groups is 1. The Kier molecular flexibility index (Phi) is 3.81. The van der Waals surface area contributed by atoms with Crippen LogP contribution in [0, 0.1) is 12.7 Å². The van der Waals surface area contributed by atoms with E-state index in [-0.39, 0.29) is 5.75 Å². The fourth-order valence-electron chi connectivity index (χ4n) is 1.65. The maximum atomic E-state index is 13.1. The molecule has 1 aromatic carbocycles. The summed E-state index contributed by atoms with van der Waals surface area (Å²) in [5.41, 5.74) is 2.40. The summed E-state index contributed by atoms with van der Waals surface area (Å²) in [6, 6.07) is 7.71. The van der Waals surface area contributed by atoms with E-state index in [1.807, 2.05) is 19.1 Å². The summed E-state index contributed by atoms with van der Waals surface area (Å²) in [6.07, 6.45) is 0. The molecule has 5 heteroatoms. The first-order chi connectivity index (χ1) is 8.54. The SMILES string of the molecule is Cc1nc(Br)ccc1NCc1cc(O)cc(F)c1. The second kappa shape index (κ2) is 5.35. The fourth-order valence-corrected chi connectivity index (χ4v) is 2.05. The molecule has 0 unspecified atom stereocenters. The molecule has 18 heavy (non-hydrogen) atoms. The zero-order valence-electron chi connectivity index (χ0n) is 9.74. The summed E-state index contributed by atoms with van der Waals surface area (Å²) >= 11 is 3.29. The van der Waals surface area contributed by atoms with Crippen LogP contribution in [-0.2, 0) is 6.54 Å². The number of aryl methyl sites for hydroxylation is 1. The van der Waals surface area contributed by atoms with Gasteiger partial charge in [-0.15, -0.1) is 0 Å². The number of halogens is 2. The van der Waals surface area contributed by atoms with Gasteiger partial charge in [0.1, 0.15) is 16.2 Å². The summed E-state index contributed by atoms with van der Waals surface area (Å²) in [5, 5.41) is 12.4. The Morgan fingerprint density at radius 1 is 1.33 bits per heavy atom. The number of rotatable bonds is 3. The first-order valence-corrected chi connectivity index (χ1v) is 6.19. The van der Waals surface area contributed by atoms with E-state index in [9.17, 15) is 9.50 Å². The Hall–Kier alpha value is -1.62. The molecule has 0 atom stereocenters. The van der Waals surface area contributed by atoms with Crippen LogP contribution >= 0.6 is 15.9 Å². The molecule has 0 fully saturated rings. The smallest absolute Gasteiger partial charge is 0.127 e. The van der Waals surface area contributed by atoms with Crippen LogP contribution in [0.15, 0.2) is 34.9 Å². The van der Waals surface area contributed by atoms with Crippen molar-refractivity contribution in [3.05, 3.63) is 52.0 Å². The average Bonchev–Trinajstić information content (AvgIpc) is 2.26. The quantitative estimate of drug-likeness (QED) is 0.851. The van der Waals surface area contributed by atoms with Crippen LogP contribution in [0.5, 0.6) is 5.75 Å². The molecule has 94 valence electrons. The van der Waals surface area contributed by atoms with E-state index >= 15 is 0 Å². The molecular formula is C13H12BrFN2O. The molecule has 0 aliphatic carbocycles. The highest BCUT2D eigenvalue weighted by molar-refractivity contribution is 9.10. The molecule has 0 amide bonds. The summed E-state index contributed by atoms with van der Waals surface area (Å²) in [5.74, 6) is -0.519. The molecule has 0 bridgehead atoms. The molecule has 1 heterocycles. The number of nitrogens with one attached hydrogen (secondary N) is 1. The summed E-state index contributed by atoms with van der Waals surface area (Å²) in [7, 11) is 0. The number of pyridine rings is 1. The lowest BCUT2D eigenvalue weighted by molar-refractivity contribution is 0.468. The maximum absolute atomic E-state index is 13.1. The van der Waals surface area contributed by atoms with Crippen LogP contribution in [-0.4, -0.2) is 10.1 Å². The standard InChI is InChI=1S/C13H12BrFN2O/c1-8-12(2-3-13(14)17-8)16-7-9-4-10(15)6-11(18)5-9/h2-6,16,18H,7H2,1H3. The highest BCUT2D eigenvalue weighted by Gasteiger charge is 2.02. The molecule has 3 nitrogen and oxygen atoms in total. The number of benzene rings is 1. The van der Waals surface area contributed by atoms with Gasteiger partial charge in [-0.3, -0.25) is 0 Å². The van der Waals surface area contributed by atoms with Crippen molar-refractivity contribution in [2.24, 2.45) is 0 Å². The Balaban J connectivity index is 2.11. The van der Waals surface area contributed by atoms with Gasteiger partial charge in [0.15, 0.2) is 0 Å². The molecule has 0 aliphatic rings. The maximum Gasteiger partial charge on any atom is 0.127 e. The molecule has 2 N–H and O–H groups in total. The summed E-state index contributed by atoms with van der Waals surface area (Å²) < 4.78 is 13.9. The number of phenolic OH excluding ortho intramolecular Hbond substituents is 1. The molecular weight excluding hydrogens is 299 g/mol. The van der Waals surface area contributed by atoms with E-state index < -0.39 is 5.82 Å². The van der Waals surface area contributed by atoms with Crippen molar-refractivity contribution in [2.75, 3.05) is 5.32 Å². The number of hydrogen-bond donors (Lipinski definition) is 2. The molecule has 2 rings (SSSR count). The average molecular weight is 311 g/mol. The number of hydrogen-bond acceptors (Lipinski definition) is 3. The minimum absolute atomic E-state index is 0.0718. The van der Waals surface area contributed by atoms with Crippen molar-refractivity contribution in [1.29, 1.82) is 0 Å². The van der Waals surface area contributed by atoms with Crippen LogP contribution in [0.4, 0.5) is 10.1 Å². The third-order valence-corrected chi connectivity index (χ3v) is 2.92. The summed E-state index contributed by atoms with van der Waals surface area (Å²) in [4.78, 5) is 4.25. The van der Waals surface area contributed by atoms with Gasteiger partial charge in [0.05, 0.1) is 11.4 Å². The molecule has 0 radical (unpaired) electrons. The van der Waals surface area contributed by atoms with E-state index in [2.05, 4.69) is 26.2 Å². The predicted octanol–water partition coefficient (Wildman–Crippen LogP) is 3.61. The van der Waals surface area contributed by atoms with Crippen LogP contribution in [0.1, 0.15) is 11.3 Å². The topological polar surface area (TPSA) is 45.2 Å². The van der Waals surface area contributed by atoms with Gasteiger partial charge in [-0.25, -0.2) is 9.37 Å². The highest BCUT2D eigenvalue weighted by atomic mass is 79.9. The van der Waals surface area contributed by atoms with Gasteiger partial charge < -0.3 is 10.4 Å². The molecule has 0 aliphatic heterocycles. The largest absolute Gasteiger partial charge is 0.508 e. The van der Waals surface area contributed by atoms with Crippen LogP contribution in [0.3, 0.4) is 0 Å². The monoisotopic (exact) mass is 310 g/mol. The molecule has 0 spiro atoms. The number of aromatic nitrogens is 1. The van der Waals surface area contributed by atoms with Crippen molar-refractivity contribution in [2.45, 2.75) is 13.5 Å². The third kappa shape index (κ3) is 3.20. The minimum Gasteiger partial charge on any atom is -0.508 e. The number of anilines is 1. The first kappa shape index (κ1) is 12.8. The van der Waals surface area contributed by atoms with Crippen molar-refractivity contribution >= 4 is 21.6 Å². The zero-order valence-corrected chi connectivity index (χ0v) is 11.3. The van der Waals surface area contributed by atoms with Crippen LogP contribution < -0.4 is 5.32 Å². The van der Waals surface area contributed by atoms with E-state index in [4.69, 9.17) is 0 Å². The Bertz CT molecular complexity index is 555. The van der Waals surface area contributed by atoms with Gasteiger partial charge in [0.25, 0.3) is 0 Å². The Morgan fingerprint density at radius 2 is 2.11 bits per heavy atom. The lowest BCUT2D eigenvalue weighted by atomic mass is 10.2. The molecule has 0 saturated heterocycles. The van der Waals surface area contributed by atoms with Crippen LogP contribution in [0.25, 0.3) is 0 Å². The Labute approximate surface area is 113 Å². The van der Waals surface area contributed by atoms with Gasteiger partial charge in [-0.05, 0) is 52.7 Å². The van der Waals surface area contributed by atoms with Gasteiger partial charge in [0, 0.05) is 12.6 Å². The third-order valence-electron chi connectivity index (χ3n) is 2.48. The lowest BCUT2D eigenvalue weighted by Gasteiger charge is -2.09. The summed E-state index contributed by atoms with van der Waals surface area (Å²) in [6.45, 7) is 2.31. The lowest BCUT2D eigenvalue weighted by Crippen LogP contribution is -2.02. The van der Waals surface area contributed by atoms with E-state index in [1.165, 1.54) is 12.1 Å². The van der Waals surface area contributed by atoms with E-state index in [0.29, 0.717) is 12.1 Å². The predicted molar refractivity (Wildman–Crippen MR) is 72.1 cm³/mol. The Morgan fingerprint density at radius 3 is 2.78 bits per heavy atom. The second-order valence-corrected chi connectivity index (χ2v) is 4.75. The number of phenols is 1. The molecule has 2 aromatic rings. The number of nitrogens with zero attached hydrogens (tertiary/aromatic N) is 1. The van der Waals surface area contributed by atoms with Crippen molar-refractivity contribution < 1.29 is 9.50 Å². The highest BCUT2D eigenvalue weighted by Crippen LogP contribution is 2.19. The molecule has 0 saturated carbocycles. The second-order valence-electron chi connectivity index (χ2n) is 3.94. The first-order valence-electron chi connectivity index (χ1n) is 5.40. The van der Waals surface area contributed by atoms with Gasteiger partial charge >= 0.3 is 0 Å². The fraction of sp³-hybridized carbons (Fsp3) is 0.154. The van der Waals surface area contributed by atoms with Crippen molar-refractivity contribution in [3.8, 4) is 5.75 Å². The van der Waals surface area contributed by atoms with E-state index in [1.54, 1.807) is 0 Å².